The smallest absolute Gasteiger partial charge is 0.251 e. The van der Waals surface area contributed by atoms with Crippen molar-refractivity contribution in [1.82, 2.24) is 9.88 Å². The molecule has 1 fully saturated rings. The molecule has 34 heavy (non-hydrogen) atoms. The van der Waals surface area contributed by atoms with Crippen molar-refractivity contribution >= 4 is 22.4 Å². The number of hydrogen-bond acceptors (Lipinski definition) is 1. The van der Waals surface area contributed by atoms with E-state index in [9.17, 15) is 4.79 Å². The van der Waals surface area contributed by atoms with E-state index >= 15 is 0 Å². The van der Waals surface area contributed by atoms with E-state index in [1.54, 1.807) is 14.0 Å². The number of amides is 1. The first-order valence-electron chi connectivity index (χ1n) is 12.5. The van der Waals surface area contributed by atoms with Crippen LogP contribution in [0.2, 0.25) is 0 Å². The van der Waals surface area contributed by atoms with Crippen molar-refractivity contribution in [2.45, 2.75) is 72.3 Å². The third-order valence-electron chi connectivity index (χ3n) is 6.31. The Labute approximate surface area is 206 Å². The summed E-state index contributed by atoms with van der Waals surface area (Å²) in [6.45, 7) is 12.6. The molecule has 0 atom stereocenters. The summed E-state index contributed by atoms with van der Waals surface area (Å²) in [6.07, 6.45) is 21.7. The second-order valence-electron chi connectivity index (χ2n) is 8.28. The van der Waals surface area contributed by atoms with E-state index in [-0.39, 0.29) is 5.91 Å². The van der Waals surface area contributed by atoms with E-state index in [4.69, 9.17) is 0 Å². The third kappa shape index (κ3) is 5.62. The van der Waals surface area contributed by atoms with Crippen molar-refractivity contribution in [3.05, 3.63) is 77.6 Å². The maximum Gasteiger partial charge on any atom is 0.251 e. The molecule has 1 aromatic heterocycles. The molecule has 2 heterocycles. The summed E-state index contributed by atoms with van der Waals surface area (Å²) in [5.41, 5.74) is 7.02. The van der Waals surface area contributed by atoms with Crippen LogP contribution in [-0.4, -0.2) is 17.5 Å². The Morgan fingerprint density at radius 1 is 1.24 bits per heavy atom. The number of nitrogens with zero attached hydrogens (tertiary/aromatic N) is 1. The summed E-state index contributed by atoms with van der Waals surface area (Å²) < 4.78 is 2.40. The highest BCUT2D eigenvalue weighted by Crippen LogP contribution is 2.44. The molecule has 0 unspecified atom stereocenters. The Morgan fingerprint density at radius 3 is 2.50 bits per heavy atom. The number of carbonyl (C=O) groups excluding carboxylic acids is 1. The Kier molecular flexibility index (Phi) is 10.7. The zero-order valence-electron chi connectivity index (χ0n) is 21.6. The third-order valence-corrected chi connectivity index (χ3v) is 6.31. The van der Waals surface area contributed by atoms with Crippen molar-refractivity contribution in [1.29, 1.82) is 0 Å². The minimum Gasteiger partial charge on any atom is -0.355 e. The second-order valence-corrected chi connectivity index (χ2v) is 8.28. The van der Waals surface area contributed by atoms with Crippen LogP contribution in [0.25, 0.3) is 16.5 Å². The average Bonchev–Trinajstić information content (AvgIpc) is 3.09. The number of carbonyl (C=O) groups is 1. The molecule has 3 nitrogen and oxygen atoms in total. The van der Waals surface area contributed by atoms with Gasteiger partial charge in [0.2, 0.25) is 0 Å². The van der Waals surface area contributed by atoms with Gasteiger partial charge in [0.15, 0.2) is 0 Å². The van der Waals surface area contributed by atoms with E-state index in [0.717, 1.165) is 17.6 Å². The monoisotopic (exact) mass is 456 g/mol. The van der Waals surface area contributed by atoms with Gasteiger partial charge < -0.3 is 9.88 Å². The first-order chi connectivity index (χ1) is 16.6. The van der Waals surface area contributed by atoms with Crippen LogP contribution in [0.4, 0.5) is 0 Å². The quantitative estimate of drug-likeness (QED) is 0.468. The van der Waals surface area contributed by atoms with Crippen molar-refractivity contribution < 1.29 is 4.79 Å². The van der Waals surface area contributed by atoms with Gasteiger partial charge in [-0.2, -0.15) is 0 Å². The van der Waals surface area contributed by atoms with Gasteiger partial charge in [0.05, 0.1) is 5.69 Å². The largest absolute Gasteiger partial charge is 0.355 e. The first kappa shape index (κ1) is 27.0. The number of allylic oxidation sites excluding steroid dienone is 7. The normalized spacial score (nSPS) is 15.4. The van der Waals surface area contributed by atoms with Gasteiger partial charge in [-0.3, -0.25) is 4.79 Å². The van der Waals surface area contributed by atoms with E-state index < -0.39 is 0 Å². The van der Waals surface area contributed by atoms with Crippen LogP contribution in [0.3, 0.4) is 0 Å². The molecular formula is C31H40N2O. The topological polar surface area (TPSA) is 34.0 Å². The van der Waals surface area contributed by atoms with Crippen LogP contribution in [-0.2, 0) is 6.54 Å². The Hall–Kier alpha value is -3.25. The summed E-state index contributed by atoms with van der Waals surface area (Å²) in [5.74, 6) is 2.78. The number of rotatable bonds is 4. The average molecular weight is 457 g/mol. The van der Waals surface area contributed by atoms with Gasteiger partial charge >= 0.3 is 0 Å². The van der Waals surface area contributed by atoms with Crippen molar-refractivity contribution in [2.24, 2.45) is 0 Å². The van der Waals surface area contributed by atoms with Crippen molar-refractivity contribution in [3.63, 3.8) is 0 Å². The molecule has 1 aliphatic heterocycles. The highest BCUT2D eigenvalue weighted by atomic mass is 16.1. The minimum absolute atomic E-state index is 0.0400. The zero-order valence-corrected chi connectivity index (χ0v) is 21.6. The molecule has 1 N–H and O–H groups in total. The molecule has 2 aromatic rings. The molecular weight excluding hydrogens is 416 g/mol. The van der Waals surface area contributed by atoms with Gasteiger partial charge in [0.1, 0.15) is 0 Å². The fourth-order valence-corrected chi connectivity index (χ4v) is 4.98. The number of aromatic nitrogens is 1. The lowest BCUT2D eigenvalue weighted by Crippen LogP contribution is -2.17. The van der Waals surface area contributed by atoms with E-state index in [1.165, 1.54) is 54.3 Å². The highest BCUT2D eigenvalue weighted by Gasteiger charge is 2.28. The Balaban J connectivity index is 0.000000758. The number of hydrogen-bond donors (Lipinski definition) is 1. The molecule has 1 aromatic carbocycles. The standard InChI is InChI=1S/C26H30N2O.C3H4.C2H6/c1-4-10-21-18(5-2)13-9-16-28-23-17-20(26(29)27-3)14-15-22(23)24(25(21)28)19-11-7-6-8-12-19;1-3-2;1-2/h4-5,9-10,13-15,17,19H,2,6-8,11-12,16H2,1,3H3,(H,27,29);1H,2H3;1-2H3/b10-4-;;. The lowest BCUT2D eigenvalue weighted by Gasteiger charge is -2.24. The molecule has 0 saturated heterocycles. The molecule has 0 bridgehead atoms. The molecule has 2 aliphatic rings. The fraction of sp³-hybridized carbons (Fsp3) is 0.387. The molecule has 1 saturated carbocycles. The number of nitrogens with one attached hydrogen (secondary N) is 1. The number of terminal acetylenes is 1. The molecule has 0 radical (unpaired) electrons. The summed E-state index contributed by atoms with van der Waals surface area (Å²) in [7, 11) is 1.69. The van der Waals surface area contributed by atoms with Crippen LogP contribution in [0.15, 0.2) is 60.7 Å². The molecule has 180 valence electrons. The van der Waals surface area contributed by atoms with E-state index in [1.807, 2.05) is 26.0 Å². The lowest BCUT2D eigenvalue weighted by molar-refractivity contribution is 0.0963. The van der Waals surface area contributed by atoms with Gasteiger partial charge in [0, 0.05) is 35.6 Å². The molecule has 1 aliphatic carbocycles. The second kappa shape index (κ2) is 13.5. The van der Waals surface area contributed by atoms with Gasteiger partial charge in [0.25, 0.3) is 5.91 Å². The Morgan fingerprint density at radius 2 is 1.91 bits per heavy atom. The highest BCUT2D eigenvalue weighted by molar-refractivity contribution is 6.01. The predicted octanol–water partition coefficient (Wildman–Crippen LogP) is 7.80. The summed E-state index contributed by atoms with van der Waals surface area (Å²) in [4.78, 5) is 12.3. The van der Waals surface area contributed by atoms with Crippen LogP contribution in [0.5, 0.6) is 0 Å². The molecule has 0 spiro atoms. The van der Waals surface area contributed by atoms with Gasteiger partial charge in [-0.25, -0.2) is 0 Å². The fourth-order valence-electron chi connectivity index (χ4n) is 4.98. The van der Waals surface area contributed by atoms with Crippen molar-refractivity contribution in [2.75, 3.05) is 7.05 Å². The molecule has 4 rings (SSSR count). The molecule has 3 heteroatoms. The lowest BCUT2D eigenvalue weighted by atomic mass is 9.81. The van der Waals surface area contributed by atoms with Crippen LogP contribution in [0.1, 0.15) is 87.3 Å². The van der Waals surface area contributed by atoms with Gasteiger partial charge in [-0.1, -0.05) is 76.1 Å². The van der Waals surface area contributed by atoms with Crippen LogP contribution >= 0.6 is 0 Å². The van der Waals surface area contributed by atoms with Crippen LogP contribution < -0.4 is 5.32 Å². The van der Waals surface area contributed by atoms with Crippen molar-refractivity contribution in [3.8, 4) is 12.3 Å². The predicted molar refractivity (Wildman–Crippen MR) is 148 cm³/mol. The zero-order chi connectivity index (χ0) is 25.1. The first-order valence-corrected chi connectivity index (χ1v) is 12.5. The summed E-state index contributed by atoms with van der Waals surface area (Å²) in [6, 6.07) is 6.19. The summed E-state index contributed by atoms with van der Waals surface area (Å²) >= 11 is 0. The SMILES string of the molecule is C#CC.C=CC1=C(/C=C\C)c2c(C3CCCCC3)c3ccc(C(=O)NC)cc3n2CC=C1.CC. The maximum atomic E-state index is 12.3. The van der Waals surface area contributed by atoms with E-state index in [0.29, 0.717) is 11.5 Å². The van der Waals surface area contributed by atoms with Crippen LogP contribution in [0, 0.1) is 12.3 Å². The minimum atomic E-state index is -0.0400. The number of fused-ring (bicyclic) bond motifs is 3. The molecule has 1 amide bonds. The van der Waals surface area contributed by atoms with E-state index in [2.05, 4.69) is 72.2 Å². The van der Waals surface area contributed by atoms with Gasteiger partial charge in [-0.15, -0.1) is 12.3 Å². The summed E-state index contributed by atoms with van der Waals surface area (Å²) in [5, 5.41) is 4.05. The maximum absolute atomic E-state index is 12.3. The number of benzene rings is 1. The Bertz CT molecular complexity index is 1130. The van der Waals surface area contributed by atoms with Gasteiger partial charge in [-0.05, 0) is 55.9 Å².